The number of aryl methyl sites for hydroxylation is 1. The van der Waals surface area contributed by atoms with Crippen molar-refractivity contribution in [3.05, 3.63) is 59.7 Å². The molecule has 2 aromatic carbocycles. The van der Waals surface area contributed by atoms with Gasteiger partial charge in [-0.25, -0.2) is 0 Å². The zero-order valence-electron chi connectivity index (χ0n) is 16.0. The summed E-state index contributed by atoms with van der Waals surface area (Å²) < 4.78 is 5.48. The number of ether oxygens (including phenoxy) is 1. The molecule has 0 saturated carbocycles. The van der Waals surface area contributed by atoms with Crippen LogP contribution in [-0.4, -0.2) is 44.7 Å². The Morgan fingerprint density at radius 2 is 1.96 bits per heavy atom. The molecule has 1 aliphatic heterocycles. The van der Waals surface area contributed by atoms with E-state index < -0.39 is 0 Å². The summed E-state index contributed by atoms with van der Waals surface area (Å²) >= 11 is 0. The second-order valence-electron chi connectivity index (χ2n) is 7.08. The molecule has 138 valence electrons. The van der Waals surface area contributed by atoms with Gasteiger partial charge in [0.15, 0.2) is 5.96 Å². The summed E-state index contributed by atoms with van der Waals surface area (Å²) in [6.07, 6.45) is 1.14. The second kappa shape index (κ2) is 8.86. The molecular formula is C22H29N3O. The van der Waals surface area contributed by atoms with Crippen LogP contribution in [-0.2, 0) is 11.3 Å². The van der Waals surface area contributed by atoms with Crippen LogP contribution in [0.4, 0.5) is 0 Å². The lowest BCUT2D eigenvalue weighted by Gasteiger charge is -2.24. The molecule has 1 heterocycles. The lowest BCUT2D eigenvalue weighted by atomic mass is 10.0. The number of guanidine groups is 1. The van der Waals surface area contributed by atoms with Crippen molar-refractivity contribution in [1.82, 2.24) is 10.2 Å². The summed E-state index contributed by atoms with van der Waals surface area (Å²) in [5.41, 5.74) is 5.04. The molecule has 1 unspecified atom stereocenters. The minimum Gasteiger partial charge on any atom is -0.381 e. The summed E-state index contributed by atoms with van der Waals surface area (Å²) in [6.45, 7) is 5.61. The molecule has 0 bridgehead atoms. The van der Waals surface area contributed by atoms with Gasteiger partial charge >= 0.3 is 0 Å². The van der Waals surface area contributed by atoms with Crippen LogP contribution < -0.4 is 5.32 Å². The van der Waals surface area contributed by atoms with Crippen molar-refractivity contribution in [2.24, 2.45) is 10.9 Å². The maximum absolute atomic E-state index is 5.48. The number of nitrogens with one attached hydrogen (secondary N) is 1. The molecule has 1 saturated heterocycles. The minimum atomic E-state index is 0.600. The zero-order valence-corrected chi connectivity index (χ0v) is 16.0. The van der Waals surface area contributed by atoms with E-state index in [1.807, 2.05) is 7.05 Å². The van der Waals surface area contributed by atoms with Gasteiger partial charge in [0.05, 0.1) is 6.61 Å². The van der Waals surface area contributed by atoms with E-state index in [1.165, 1.54) is 22.3 Å². The number of rotatable bonds is 5. The fraction of sp³-hybridized carbons (Fsp3) is 0.409. The molecule has 1 N–H and O–H groups in total. The van der Waals surface area contributed by atoms with Crippen molar-refractivity contribution in [3.63, 3.8) is 0 Å². The largest absolute Gasteiger partial charge is 0.381 e. The Kier molecular flexibility index (Phi) is 6.29. The van der Waals surface area contributed by atoms with E-state index >= 15 is 0 Å². The first-order chi connectivity index (χ1) is 12.7. The number of benzene rings is 2. The first-order valence-corrected chi connectivity index (χ1v) is 9.31. The lowest BCUT2D eigenvalue weighted by molar-refractivity contribution is 0.181. The van der Waals surface area contributed by atoms with Crippen molar-refractivity contribution in [3.8, 4) is 11.1 Å². The van der Waals surface area contributed by atoms with Crippen molar-refractivity contribution >= 4 is 5.96 Å². The van der Waals surface area contributed by atoms with E-state index in [4.69, 9.17) is 4.74 Å². The smallest absolute Gasteiger partial charge is 0.193 e. The van der Waals surface area contributed by atoms with Gasteiger partial charge in [0.2, 0.25) is 0 Å². The topological polar surface area (TPSA) is 36.9 Å². The fourth-order valence-corrected chi connectivity index (χ4v) is 3.45. The third-order valence-electron chi connectivity index (χ3n) is 4.86. The standard InChI is InChI=1S/C22H29N3O/c1-17-6-4-8-20(12-17)21-9-5-7-18(13-21)14-24-22(23-2)25(3)15-19-10-11-26-16-19/h4-9,12-13,19H,10-11,14-16H2,1-3H3,(H,23,24). The van der Waals surface area contributed by atoms with E-state index in [2.05, 4.69) is 77.7 Å². The molecule has 1 aliphatic rings. The number of hydrogen-bond acceptors (Lipinski definition) is 2. The third kappa shape index (κ3) is 4.85. The van der Waals surface area contributed by atoms with Crippen LogP contribution in [0.25, 0.3) is 11.1 Å². The summed E-state index contributed by atoms with van der Waals surface area (Å²) in [7, 11) is 3.93. The Balaban J connectivity index is 1.62. The SMILES string of the molecule is CN=C(NCc1cccc(-c2cccc(C)c2)c1)N(C)CC1CCOC1. The molecule has 1 fully saturated rings. The minimum absolute atomic E-state index is 0.600. The van der Waals surface area contributed by atoms with Gasteiger partial charge in [0.25, 0.3) is 0 Å². The van der Waals surface area contributed by atoms with Crippen molar-refractivity contribution in [2.45, 2.75) is 19.9 Å². The number of hydrogen-bond donors (Lipinski definition) is 1. The predicted octanol–water partition coefficient (Wildman–Crippen LogP) is 3.71. The van der Waals surface area contributed by atoms with Crippen molar-refractivity contribution in [1.29, 1.82) is 0 Å². The maximum Gasteiger partial charge on any atom is 0.193 e. The van der Waals surface area contributed by atoms with E-state index in [0.717, 1.165) is 38.7 Å². The van der Waals surface area contributed by atoms with E-state index in [1.54, 1.807) is 0 Å². The Morgan fingerprint density at radius 1 is 1.19 bits per heavy atom. The highest BCUT2D eigenvalue weighted by atomic mass is 16.5. The summed E-state index contributed by atoms with van der Waals surface area (Å²) in [5.74, 6) is 1.53. The lowest BCUT2D eigenvalue weighted by Crippen LogP contribution is -2.41. The molecule has 4 heteroatoms. The Bertz CT molecular complexity index is 751. The third-order valence-corrected chi connectivity index (χ3v) is 4.86. The molecule has 26 heavy (non-hydrogen) atoms. The first-order valence-electron chi connectivity index (χ1n) is 9.31. The van der Waals surface area contributed by atoms with Gasteiger partial charge in [-0.1, -0.05) is 48.0 Å². The van der Waals surface area contributed by atoms with Gasteiger partial charge in [0.1, 0.15) is 0 Å². The average Bonchev–Trinajstić information content (AvgIpc) is 3.15. The van der Waals surface area contributed by atoms with Crippen LogP contribution in [0.5, 0.6) is 0 Å². The molecule has 3 rings (SSSR count). The fourth-order valence-electron chi connectivity index (χ4n) is 3.45. The molecular weight excluding hydrogens is 322 g/mol. The number of nitrogens with zero attached hydrogens (tertiary/aromatic N) is 2. The van der Waals surface area contributed by atoms with Crippen LogP contribution in [0.15, 0.2) is 53.5 Å². The predicted molar refractivity (Wildman–Crippen MR) is 108 cm³/mol. The van der Waals surface area contributed by atoms with Crippen LogP contribution in [0.3, 0.4) is 0 Å². The molecule has 2 aromatic rings. The van der Waals surface area contributed by atoms with Crippen LogP contribution >= 0.6 is 0 Å². The second-order valence-corrected chi connectivity index (χ2v) is 7.08. The van der Waals surface area contributed by atoms with Gasteiger partial charge in [-0.3, -0.25) is 4.99 Å². The molecule has 0 aromatic heterocycles. The molecule has 4 nitrogen and oxygen atoms in total. The summed E-state index contributed by atoms with van der Waals surface area (Å²) in [4.78, 5) is 6.63. The van der Waals surface area contributed by atoms with Crippen LogP contribution in [0.1, 0.15) is 17.5 Å². The van der Waals surface area contributed by atoms with Crippen molar-refractivity contribution in [2.75, 3.05) is 33.9 Å². The first kappa shape index (κ1) is 18.5. The quantitative estimate of drug-likeness (QED) is 0.659. The van der Waals surface area contributed by atoms with Gasteiger partial charge in [-0.15, -0.1) is 0 Å². The average molecular weight is 351 g/mol. The Hall–Kier alpha value is -2.33. The highest BCUT2D eigenvalue weighted by Crippen LogP contribution is 2.21. The highest BCUT2D eigenvalue weighted by Gasteiger charge is 2.19. The molecule has 0 aliphatic carbocycles. The van der Waals surface area contributed by atoms with E-state index in [-0.39, 0.29) is 0 Å². The zero-order chi connectivity index (χ0) is 18.4. The Labute approximate surface area is 156 Å². The van der Waals surface area contributed by atoms with Crippen LogP contribution in [0, 0.1) is 12.8 Å². The van der Waals surface area contributed by atoms with Gasteiger partial charge in [-0.05, 0) is 36.1 Å². The molecule has 0 radical (unpaired) electrons. The van der Waals surface area contributed by atoms with Gasteiger partial charge < -0.3 is 15.0 Å². The van der Waals surface area contributed by atoms with Crippen molar-refractivity contribution < 1.29 is 4.74 Å². The monoisotopic (exact) mass is 351 g/mol. The van der Waals surface area contributed by atoms with E-state index in [9.17, 15) is 0 Å². The van der Waals surface area contributed by atoms with Gasteiger partial charge in [-0.2, -0.15) is 0 Å². The van der Waals surface area contributed by atoms with Crippen LogP contribution in [0.2, 0.25) is 0 Å². The highest BCUT2D eigenvalue weighted by molar-refractivity contribution is 5.79. The Morgan fingerprint density at radius 3 is 2.65 bits per heavy atom. The van der Waals surface area contributed by atoms with Gasteiger partial charge in [0, 0.05) is 39.7 Å². The van der Waals surface area contributed by atoms with E-state index in [0.29, 0.717) is 5.92 Å². The molecule has 1 atom stereocenters. The normalized spacial score (nSPS) is 17.3. The molecule has 0 amide bonds. The number of aliphatic imine (C=N–C) groups is 1. The summed E-state index contributed by atoms with van der Waals surface area (Å²) in [6, 6.07) is 17.3. The maximum atomic E-state index is 5.48. The summed E-state index contributed by atoms with van der Waals surface area (Å²) in [5, 5.41) is 3.48. The molecule has 0 spiro atoms.